The van der Waals surface area contributed by atoms with Crippen LogP contribution < -0.4 is 10.2 Å². The first-order valence-electron chi connectivity index (χ1n) is 8.94. The van der Waals surface area contributed by atoms with Crippen LogP contribution in [0.4, 0.5) is 5.82 Å². The van der Waals surface area contributed by atoms with Gasteiger partial charge in [-0.05, 0) is 38.8 Å². The highest BCUT2D eigenvalue weighted by atomic mass is 35.5. The minimum atomic E-state index is 0. The van der Waals surface area contributed by atoms with E-state index in [9.17, 15) is 0 Å². The van der Waals surface area contributed by atoms with E-state index in [-0.39, 0.29) is 30.4 Å². The number of hydrogen-bond donors (Lipinski definition) is 1. The molecule has 3 fully saturated rings. The first-order chi connectivity index (χ1) is 11.3. The fourth-order valence-electron chi connectivity index (χ4n) is 4.32. The maximum atomic E-state index is 6.22. The Morgan fingerprint density at radius 1 is 1.08 bits per heavy atom. The molecule has 25 heavy (non-hydrogen) atoms. The van der Waals surface area contributed by atoms with Crippen molar-refractivity contribution in [2.45, 2.75) is 37.3 Å². The zero-order valence-electron chi connectivity index (χ0n) is 14.6. The number of nitrogens with one attached hydrogen (secondary N) is 1. The Hall–Kier alpha value is -0.660. The van der Waals surface area contributed by atoms with Gasteiger partial charge in [-0.25, -0.2) is 4.98 Å². The van der Waals surface area contributed by atoms with E-state index in [1.807, 2.05) is 6.20 Å². The summed E-state index contributed by atoms with van der Waals surface area (Å²) in [6.45, 7) is 7.47. The van der Waals surface area contributed by atoms with Crippen molar-refractivity contribution in [2.75, 3.05) is 50.8 Å². The molecule has 8 heteroatoms. The van der Waals surface area contributed by atoms with Crippen LogP contribution in [0.3, 0.4) is 0 Å². The molecule has 1 N–H and O–H groups in total. The Bertz CT molecular complexity index is 502. The average Bonchev–Trinajstić information content (AvgIpc) is 2.63. The highest BCUT2D eigenvalue weighted by Gasteiger charge is 2.40. The molecule has 0 aromatic carbocycles. The summed E-state index contributed by atoms with van der Waals surface area (Å²) < 4.78 is 6.22. The van der Waals surface area contributed by atoms with E-state index < -0.39 is 0 Å². The van der Waals surface area contributed by atoms with Gasteiger partial charge in [-0.1, -0.05) is 0 Å². The summed E-state index contributed by atoms with van der Waals surface area (Å²) in [5.41, 5.74) is 0.149. The summed E-state index contributed by atoms with van der Waals surface area (Å²) in [6, 6.07) is 0.686. The number of halogens is 2. The van der Waals surface area contributed by atoms with Gasteiger partial charge < -0.3 is 15.0 Å². The summed E-state index contributed by atoms with van der Waals surface area (Å²) in [5, 5.41) is 3.46. The van der Waals surface area contributed by atoms with Crippen molar-refractivity contribution in [2.24, 2.45) is 0 Å². The molecule has 4 heterocycles. The molecule has 142 valence electrons. The van der Waals surface area contributed by atoms with Crippen LogP contribution in [-0.4, -0.2) is 72.4 Å². The molecule has 1 aromatic heterocycles. The molecular weight excluding hydrogens is 361 g/mol. The minimum Gasteiger partial charge on any atom is -0.375 e. The third-order valence-corrected chi connectivity index (χ3v) is 5.69. The van der Waals surface area contributed by atoms with Crippen molar-refractivity contribution >= 4 is 30.6 Å². The van der Waals surface area contributed by atoms with Crippen molar-refractivity contribution in [3.05, 3.63) is 18.6 Å². The number of piperidine rings is 1. The Morgan fingerprint density at radius 3 is 2.52 bits per heavy atom. The number of rotatable bonds is 2. The molecule has 0 saturated carbocycles. The van der Waals surface area contributed by atoms with Crippen molar-refractivity contribution < 1.29 is 4.74 Å². The molecule has 1 aromatic rings. The lowest BCUT2D eigenvalue weighted by molar-refractivity contribution is -0.121. The SMILES string of the molecule is Cl.Cl.c1cnc(N2CCN(C3CCOC4(CCNCC4)C3)CC2)cn1. The van der Waals surface area contributed by atoms with Gasteiger partial charge >= 0.3 is 0 Å². The minimum absolute atomic E-state index is 0. The van der Waals surface area contributed by atoms with Gasteiger partial charge in [0, 0.05) is 51.2 Å². The molecule has 0 radical (unpaired) electrons. The number of piperazine rings is 1. The quantitative estimate of drug-likeness (QED) is 0.831. The van der Waals surface area contributed by atoms with E-state index in [0.717, 1.165) is 51.7 Å². The van der Waals surface area contributed by atoms with Gasteiger partial charge in [-0.3, -0.25) is 9.88 Å². The largest absolute Gasteiger partial charge is 0.375 e. The van der Waals surface area contributed by atoms with Gasteiger partial charge in [0.2, 0.25) is 0 Å². The zero-order chi connectivity index (χ0) is 15.5. The first-order valence-corrected chi connectivity index (χ1v) is 8.94. The molecule has 0 amide bonds. The second kappa shape index (κ2) is 9.33. The summed E-state index contributed by atoms with van der Waals surface area (Å²) >= 11 is 0. The zero-order valence-corrected chi connectivity index (χ0v) is 16.2. The van der Waals surface area contributed by atoms with Crippen LogP contribution in [0.5, 0.6) is 0 Å². The molecular formula is C17H29Cl2N5O. The second-order valence-electron chi connectivity index (χ2n) is 7.01. The van der Waals surface area contributed by atoms with Crippen molar-refractivity contribution in [1.29, 1.82) is 0 Å². The van der Waals surface area contributed by atoms with Gasteiger partial charge in [0.05, 0.1) is 11.8 Å². The van der Waals surface area contributed by atoms with Crippen molar-refractivity contribution in [3.8, 4) is 0 Å². The Kier molecular flexibility index (Phi) is 7.70. The Balaban J connectivity index is 0.00000113. The third-order valence-electron chi connectivity index (χ3n) is 5.69. The van der Waals surface area contributed by atoms with E-state index in [0.29, 0.717) is 6.04 Å². The fourth-order valence-corrected chi connectivity index (χ4v) is 4.32. The van der Waals surface area contributed by atoms with E-state index in [1.165, 1.54) is 25.7 Å². The topological polar surface area (TPSA) is 53.5 Å². The van der Waals surface area contributed by atoms with Gasteiger partial charge in [-0.2, -0.15) is 0 Å². The van der Waals surface area contributed by atoms with Crippen LogP contribution in [-0.2, 0) is 4.74 Å². The van der Waals surface area contributed by atoms with E-state index in [4.69, 9.17) is 4.74 Å². The summed E-state index contributed by atoms with van der Waals surface area (Å²) in [7, 11) is 0. The number of hydrogen-bond acceptors (Lipinski definition) is 6. The highest BCUT2D eigenvalue weighted by Crippen LogP contribution is 2.35. The van der Waals surface area contributed by atoms with Crippen LogP contribution in [0.15, 0.2) is 18.6 Å². The van der Waals surface area contributed by atoms with Crippen LogP contribution >= 0.6 is 24.8 Å². The van der Waals surface area contributed by atoms with E-state index >= 15 is 0 Å². The van der Waals surface area contributed by atoms with E-state index in [2.05, 4.69) is 25.1 Å². The van der Waals surface area contributed by atoms with Crippen LogP contribution in [0.2, 0.25) is 0 Å². The molecule has 1 unspecified atom stereocenters. The monoisotopic (exact) mass is 389 g/mol. The molecule has 1 spiro atoms. The normalized spacial score (nSPS) is 26.6. The molecule has 0 bridgehead atoms. The van der Waals surface area contributed by atoms with Crippen LogP contribution in [0.1, 0.15) is 25.7 Å². The van der Waals surface area contributed by atoms with Gasteiger partial charge in [-0.15, -0.1) is 24.8 Å². The third kappa shape index (κ3) is 4.74. The molecule has 6 nitrogen and oxygen atoms in total. The average molecular weight is 390 g/mol. The van der Waals surface area contributed by atoms with Crippen LogP contribution in [0.25, 0.3) is 0 Å². The van der Waals surface area contributed by atoms with Gasteiger partial charge in [0.1, 0.15) is 5.82 Å². The predicted molar refractivity (Wildman–Crippen MR) is 104 cm³/mol. The standard InChI is InChI=1S/C17H27N5O.2ClH/c1-12-23-17(2-4-18-5-3-17)13-15(1)21-8-10-22(11-9-21)16-14-19-6-7-20-16;;/h6-7,14-15,18H,1-5,8-13H2;2*1H. The molecule has 3 saturated heterocycles. The predicted octanol–water partition coefficient (Wildman–Crippen LogP) is 1.74. The summed E-state index contributed by atoms with van der Waals surface area (Å²) in [4.78, 5) is 13.6. The maximum Gasteiger partial charge on any atom is 0.147 e. The number of anilines is 1. The van der Waals surface area contributed by atoms with Crippen LogP contribution in [0, 0.1) is 0 Å². The molecule has 1 atom stereocenters. The Morgan fingerprint density at radius 2 is 1.84 bits per heavy atom. The highest BCUT2D eigenvalue weighted by molar-refractivity contribution is 5.85. The van der Waals surface area contributed by atoms with Crippen molar-refractivity contribution in [3.63, 3.8) is 0 Å². The molecule has 3 aliphatic heterocycles. The van der Waals surface area contributed by atoms with E-state index in [1.54, 1.807) is 12.4 Å². The summed E-state index contributed by atoms with van der Waals surface area (Å²) in [5.74, 6) is 1.01. The van der Waals surface area contributed by atoms with Crippen molar-refractivity contribution in [1.82, 2.24) is 20.2 Å². The lowest BCUT2D eigenvalue weighted by Crippen LogP contribution is -2.56. The fraction of sp³-hybridized carbons (Fsp3) is 0.765. The molecule has 4 rings (SSSR count). The second-order valence-corrected chi connectivity index (χ2v) is 7.01. The number of nitrogens with zero attached hydrogens (tertiary/aromatic N) is 4. The van der Waals surface area contributed by atoms with Gasteiger partial charge in [0.25, 0.3) is 0 Å². The molecule has 3 aliphatic rings. The summed E-state index contributed by atoms with van der Waals surface area (Å²) in [6.07, 6.45) is 10.1. The van der Waals surface area contributed by atoms with Gasteiger partial charge in [0.15, 0.2) is 0 Å². The number of aromatic nitrogens is 2. The number of ether oxygens (including phenoxy) is 1. The Labute approximate surface area is 162 Å². The lowest BCUT2D eigenvalue weighted by Gasteiger charge is -2.48. The maximum absolute atomic E-state index is 6.22. The first kappa shape index (κ1) is 20.6. The lowest BCUT2D eigenvalue weighted by atomic mass is 9.82. The molecule has 0 aliphatic carbocycles. The smallest absolute Gasteiger partial charge is 0.147 e.